The summed E-state index contributed by atoms with van der Waals surface area (Å²) < 4.78 is 15.8. The predicted molar refractivity (Wildman–Crippen MR) is 107 cm³/mol. The molecule has 8 nitrogen and oxygen atoms in total. The van der Waals surface area contributed by atoms with E-state index in [0.29, 0.717) is 13.1 Å². The highest BCUT2D eigenvalue weighted by atomic mass is 16.6. The van der Waals surface area contributed by atoms with Crippen molar-refractivity contribution in [2.75, 3.05) is 13.7 Å². The van der Waals surface area contributed by atoms with Gasteiger partial charge in [-0.3, -0.25) is 9.80 Å². The van der Waals surface area contributed by atoms with Crippen LogP contribution in [0.4, 0.5) is 9.59 Å². The van der Waals surface area contributed by atoms with Gasteiger partial charge in [0.15, 0.2) is 0 Å². The van der Waals surface area contributed by atoms with E-state index in [0.717, 1.165) is 16.6 Å². The van der Waals surface area contributed by atoms with E-state index < -0.39 is 35.9 Å². The molecule has 2 heterocycles. The van der Waals surface area contributed by atoms with Crippen LogP contribution in [0.2, 0.25) is 0 Å². The van der Waals surface area contributed by atoms with Gasteiger partial charge in [0.1, 0.15) is 25.6 Å². The van der Waals surface area contributed by atoms with Crippen molar-refractivity contribution in [3.05, 3.63) is 29.3 Å². The molecule has 0 radical (unpaired) electrons. The molecule has 156 valence electrons. The molecule has 3 rings (SSSR count). The number of hydrogen-bond donors (Lipinski definition) is 0. The van der Waals surface area contributed by atoms with Crippen LogP contribution >= 0.6 is 0 Å². The second-order valence-electron chi connectivity index (χ2n) is 8.48. The summed E-state index contributed by atoms with van der Waals surface area (Å²) in [7, 11) is 3.28. The van der Waals surface area contributed by atoms with Crippen molar-refractivity contribution in [1.29, 1.82) is 0 Å². The standard InChI is InChI=1S/C20H27BN2O6/c1-20(2,3)29-19(26)23-10-13(8-16(23)17(24)27-4)28-18(25)22-9-12-6-5-7-15(21)14(12)11-22/h5-7,13,16H,8-11,21H2,1-4H3/t13-,16+/m1/s1. The van der Waals surface area contributed by atoms with Crippen LogP contribution in [0.25, 0.3) is 0 Å². The van der Waals surface area contributed by atoms with E-state index in [1.54, 1.807) is 25.7 Å². The molecule has 0 aromatic heterocycles. The summed E-state index contributed by atoms with van der Waals surface area (Å²) in [6, 6.07) is 5.15. The first-order valence-electron chi connectivity index (χ1n) is 9.69. The topological polar surface area (TPSA) is 85.4 Å². The van der Waals surface area contributed by atoms with Gasteiger partial charge in [0.05, 0.1) is 13.7 Å². The number of esters is 1. The number of fused-ring (bicyclic) bond motifs is 1. The molecule has 1 aromatic carbocycles. The Kier molecular flexibility index (Phi) is 5.77. The Morgan fingerprint density at radius 2 is 1.86 bits per heavy atom. The Morgan fingerprint density at radius 1 is 1.14 bits per heavy atom. The first-order chi connectivity index (χ1) is 13.6. The van der Waals surface area contributed by atoms with Gasteiger partial charge in [-0.25, -0.2) is 14.4 Å². The lowest BCUT2D eigenvalue weighted by molar-refractivity contribution is -0.145. The Balaban J connectivity index is 1.65. The van der Waals surface area contributed by atoms with Crippen LogP contribution < -0.4 is 5.46 Å². The Hall–Kier alpha value is -2.71. The van der Waals surface area contributed by atoms with Crippen molar-refractivity contribution in [2.45, 2.75) is 58.0 Å². The minimum atomic E-state index is -0.842. The van der Waals surface area contributed by atoms with Gasteiger partial charge in [0.2, 0.25) is 0 Å². The molecule has 0 spiro atoms. The Morgan fingerprint density at radius 3 is 2.48 bits per heavy atom. The van der Waals surface area contributed by atoms with E-state index in [9.17, 15) is 14.4 Å². The van der Waals surface area contributed by atoms with E-state index in [2.05, 4.69) is 0 Å². The molecule has 0 saturated carbocycles. The maximum atomic E-state index is 12.7. The zero-order valence-electron chi connectivity index (χ0n) is 17.6. The lowest BCUT2D eigenvalue weighted by Crippen LogP contribution is -2.44. The molecule has 1 aromatic rings. The smallest absolute Gasteiger partial charge is 0.411 e. The largest absolute Gasteiger partial charge is 0.467 e. The van der Waals surface area contributed by atoms with Crippen LogP contribution in [-0.2, 0) is 32.1 Å². The predicted octanol–water partition coefficient (Wildman–Crippen LogP) is 0.948. The second kappa shape index (κ2) is 7.97. The number of rotatable bonds is 2. The monoisotopic (exact) mass is 402 g/mol. The first-order valence-corrected chi connectivity index (χ1v) is 9.69. The van der Waals surface area contributed by atoms with Crippen LogP contribution in [0.5, 0.6) is 0 Å². The highest BCUT2D eigenvalue weighted by molar-refractivity contribution is 6.33. The first kappa shape index (κ1) is 21.0. The summed E-state index contributed by atoms with van der Waals surface area (Å²) in [6.45, 7) is 6.30. The minimum Gasteiger partial charge on any atom is -0.467 e. The molecule has 9 heteroatoms. The molecular formula is C20H27BN2O6. The fourth-order valence-corrected chi connectivity index (χ4v) is 3.70. The lowest BCUT2D eigenvalue weighted by Gasteiger charge is -2.27. The zero-order valence-corrected chi connectivity index (χ0v) is 17.6. The van der Waals surface area contributed by atoms with Crippen molar-refractivity contribution in [1.82, 2.24) is 9.80 Å². The van der Waals surface area contributed by atoms with Gasteiger partial charge in [-0.05, 0) is 31.9 Å². The van der Waals surface area contributed by atoms with Gasteiger partial charge >= 0.3 is 18.2 Å². The molecule has 29 heavy (non-hydrogen) atoms. The Labute approximate surface area is 171 Å². The molecule has 2 aliphatic rings. The highest BCUT2D eigenvalue weighted by Gasteiger charge is 2.44. The SMILES string of the molecule is Bc1cccc2c1CN(C(=O)O[C@@H]1C[C@@H](C(=O)OC)N(C(=O)OC(C)(C)C)C1)C2. The summed E-state index contributed by atoms with van der Waals surface area (Å²) in [5.74, 6) is -0.557. The van der Waals surface area contributed by atoms with E-state index in [1.807, 2.05) is 26.0 Å². The number of hydrogen-bond acceptors (Lipinski definition) is 6. The van der Waals surface area contributed by atoms with E-state index in [1.165, 1.54) is 12.0 Å². The lowest BCUT2D eigenvalue weighted by atomic mass is 9.89. The van der Waals surface area contributed by atoms with Crippen molar-refractivity contribution >= 4 is 31.5 Å². The third kappa shape index (κ3) is 4.66. The highest BCUT2D eigenvalue weighted by Crippen LogP contribution is 2.27. The minimum absolute atomic E-state index is 0.0836. The maximum Gasteiger partial charge on any atom is 0.411 e. The summed E-state index contributed by atoms with van der Waals surface area (Å²) >= 11 is 0. The van der Waals surface area contributed by atoms with E-state index in [-0.39, 0.29) is 13.0 Å². The van der Waals surface area contributed by atoms with E-state index >= 15 is 0 Å². The number of nitrogens with zero attached hydrogens (tertiary/aromatic N) is 2. The summed E-state index contributed by atoms with van der Waals surface area (Å²) in [5.41, 5.74) is 2.68. The number of carbonyl (C=O) groups is 3. The number of benzene rings is 1. The molecule has 2 atom stereocenters. The number of ether oxygens (including phenoxy) is 3. The van der Waals surface area contributed by atoms with Crippen LogP contribution in [0.1, 0.15) is 38.3 Å². The molecule has 1 saturated heterocycles. The molecule has 0 N–H and O–H groups in total. The van der Waals surface area contributed by atoms with Gasteiger partial charge in [-0.1, -0.05) is 23.7 Å². The third-order valence-electron chi connectivity index (χ3n) is 5.11. The quantitative estimate of drug-likeness (QED) is 0.416. The summed E-state index contributed by atoms with van der Waals surface area (Å²) in [5, 5.41) is 0. The average Bonchev–Trinajstić information content (AvgIpc) is 3.25. The van der Waals surface area contributed by atoms with Crippen molar-refractivity contribution in [2.24, 2.45) is 0 Å². The molecular weight excluding hydrogens is 375 g/mol. The normalized spacial score (nSPS) is 21.0. The van der Waals surface area contributed by atoms with Gasteiger partial charge in [0, 0.05) is 19.5 Å². The second-order valence-corrected chi connectivity index (χ2v) is 8.48. The van der Waals surface area contributed by atoms with Gasteiger partial charge < -0.3 is 14.2 Å². The summed E-state index contributed by atoms with van der Waals surface area (Å²) in [6.07, 6.45) is -1.52. The zero-order chi connectivity index (χ0) is 21.3. The van der Waals surface area contributed by atoms with Crippen LogP contribution in [0, 0.1) is 0 Å². The number of carbonyl (C=O) groups excluding carboxylic acids is 3. The van der Waals surface area contributed by atoms with Crippen LogP contribution in [0.15, 0.2) is 18.2 Å². The molecule has 0 unspecified atom stereocenters. The number of amides is 2. The fourth-order valence-electron chi connectivity index (χ4n) is 3.70. The van der Waals surface area contributed by atoms with Gasteiger partial charge in [0.25, 0.3) is 0 Å². The van der Waals surface area contributed by atoms with Crippen molar-refractivity contribution < 1.29 is 28.6 Å². The molecule has 1 fully saturated rings. The molecule has 0 bridgehead atoms. The molecule has 2 aliphatic heterocycles. The van der Waals surface area contributed by atoms with Crippen molar-refractivity contribution in [3.8, 4) is 0 Å². The van der Waals surface area contributed by atoms with Crippen LogP contribution in [0.3, 0.4) is 0 Å². The summed E-state index contributed by atoms with van der Waals surface area (Å²) in [4.78, 5) is 40.2. The maximum absolute atomic E-state index is 12.7. The van der Waals surface area contributed by atoms with Crippen LogP contribution in [-0.4, -0.2) is 67.2 Å². The van der Waals surface area contributed by atoms with Gasteiger partial charge in [-0.15, -0.1) is 0 Å². The fraction of sp³-hybridized carbons (Fsp3) is 0.550. The van der Waals surface area contributed by atoms with Crippen molar-refractivity contribution in [3.63, 3.8) is 0 Å². The molecule has 0 aliphatic carbocycles. The molecule has 2 amide bonds. The third-order valence-corrected chi connectivity index (χ3v) is 5.11. The number of methoxy groups -OCH3 is 1. The Bertz CT molecular complexity index is 822. The average molecular weight is 402 g/mol. The van der Waals surface area contributed by atoms with Gasteiger partial charge in [-0.2, -0.15) is 0 Å². The van der Waals surface area contributed by atoms with E-state index in [4.69, 9.17) is 14.2 Å². The number of likely N-dealkylation sites (tertiary alicyclic amines) is 1.